The van der Waals surface area contributed by atoms with Gasteiger partial charge in [0.25, 0.3) is 0 Å². The predicted molar refractivity (Wildman–Crippen MR) is 84.0 cm³/mol. The maximum atomic E-state index is 12.0. The second kappa shape index (κ2) is 8.79. The number of carbonyl (C=O) groups excluding carboxylic acids is 1. The van der Waals surface area contributed by atoms with Gasteiger partial charge in [-0.15, -0.1) is 0 Å². The van der Waals surface area contributed by atoms with Gasteiger partial charge in [-0.1, -0.05) is 43.7 Å². The van der Waals surface area contributed by atoms with E-state index in [0.717, 1.165) is 12.8 Å². The van der Waals surface area contributed by atoms with Gasteiger partial charge in [0, 0.05) is 12.1 Å². The Morgan fingerprint density at radius 2 is 1.95 bits per heavy atom. The first-order valence-corrected chi connectivity index (χ1v) is 7.07. The number of unbranched alkanes of at least 4 members (excludes halogenated alkanes) is 1. The Balaban J connectivity index is 3.18. The van der Waals surface area contributed by atoms with Crippen molar-refractivity contribution >= 4 is 17.6 Å². The minimum atomic E-state index is -0.670. The van der Waals surface area contributed by atoms with Crippen LogP contribution in [0.15, 0.2) is 40.9 Å². The molecule has 5 heteroatoms. The molecule has 0 aliphatic heterocycles. The van der Waals surface area contributed by atoms with E-state index in [-0.39, 0.29) is 23.8 Å². The number of amidine groups is 1. The Labute approximate surface area is 125 Å². The fraction of sp³-hybridized carbons (Fsp3) is 0.375. The van der Waals surface area contributed by atoms with Gasteiger partial charge in [0.1, 0.15) is 17.2 Å². The Kier molecular flexibility index (Phi) is 7.01. The monoisotopic (exact) mass is 290 g/mol. The molecule has 0 fully saturated rings. The van der Waals surface area contributed by atoms with E-state index in [9.17, 15) is 9.90 Å². The van der Waals surface area contributed by atoms with Gasteiger partial charge in [0.15, 0.2) is 0 Å². The minimum Gasteiger partial charge on any atom is -0.506 e. The first kappa shape index (κ1) is 16.8. The smallest absolute Gasteiger partial charge is 0.345 e. The van der Waals surface area contributed by atoms with Crippen molar-refractivity contribution in [2.45, 2.75) is 26.7 Å². The average molecular weight is 290 g/mol. The van der Waals surface area contributed by atoms with Gasteiger partial charge in [-0.2, -0.15) is 0 Å². The predicted octanol–water partition coefficient (Wildman–Crippen LogP) is 2.68. The molecule has 0 amide bonds. The lowest BCUT2D eigenvalue weighted by molar-refractivity contribution is -0.137. The molecule has 0 saturated heterocycles. The third kappa shape index (κ3) is 4.95. The Bertz CT molecular complexity index is 522. The molecule has 0 unspecified atom stereocenters. The van der Waals surface area contributed by atoms with Crippen LogP contribution in [0.3, 0.4) is 0 Å². The number of benzene rings is 1. The second-order valence-corrected chi connectivity index (χ2v) is 4.43. The number of nitrogens with zero attached hydrogens (tertiary/aromatic N) is 1. The van der Waals surface area contributed by atoms with E-state index in [2.05, 4.69) is 4.99 Å². The number of aliphatic hydroxyl groups is 1. The molecule has 0 aromatic heterocycles. The van der Waals surface area contributed by atoms with E-state index in [4.69, 9.17) is 10.5 Å². The summed E-state index contributed by atoms with van der Waals surface area (Å²) < 4.78 is 4.96. The van der Waals surface area contributed by atoms with Crippen LogP contribution in [0, 0.1) is 0 Å². The van der Waals surface area contributed by atoms with Crippen LogP contribution >= 0.6 is 0 Å². The Hall–Kier alpha value is -2.30. The van der Waals surface area contributed by atoms with E-state index in [0.29, 0.717) is 12.1 Å². The van der Waals surface area contributed by atoms with Crippen molar-refractivity contribution in [3.63, 3.8) is 0 Å². The third-order valence-corrected chi connectivity index (χ3v) is 2.81. The van der Waals surface area contributed by atoms with Gasteiger partial charge in [0.05, 0.1) is 6.61 Å². The molecule has 1 rings (SSSR count). The fourth-order valence-electron chi connectivity index (χ4n) is 1.70. The average Bonchev–Trinajstić information content (AvgIpc) is 2.49. The van der Waals surface area contributed by atoms with Crippen molar-refractivity contribution in [3.05, 3.63) is 41.5 Å². The van der Waals surface area contributed by atoms with Crippen molar-refractivity contribution in [2.24, 2.45) is 10.7 Å². The van der Waals surface area contributed by atoms with Gasteiger partial charge in [-0.3, -0.25) is 4.99 Å². The maximum absolute atomic E-state index is 12.0. The molecular formula is C16H22N2O3. The lowest BCUT2D eigenvalue weighted by Crippen LogP contribution is -2.25. The summed E-state index contributed by atoms with van der Waals surface area (Å²) in [7, 11) is 0. The number of hydrogen-bond acceptors (Lipinski definition) is 4. The van der Waals surface area contributed by atoms with E-state index >= 15 is 0 Å². The zero-order valence-electron chi connectivity index (χ0n) is 12.5. The summed E-state index contributed by atoms with van der Waals surface area (Å²) in [5.41, 5.74) is 6.27. The molecule has 3 N–H and O–H groups in total. The quantitative estimate of drug-likeness (QED) is 0.202. The van der Waals surface area contributed by atoms with Crippen molar-refractivity contribution in [1.82, 2.24) is 0 Å². The first-order chi connectivity index (χ1) is 10.1. The van der Waals surface area contributed by atoms with Crippen LogP contribution in [0.4, 0.5) is 0 Å². The number of esters is 1. The van der Waals surface area contributed by atoms with Gasteiger partial charge < -0.3 is 15.6 Å². The highest BCUT2D eigenvalue weighted by molar-refractivity contribution is 6.22. The van der Waals surface area contributed by atoms with Crippen molar-refractivity contribution < 1.29 is 14.6 Å². The highest BCUT2D eigenvalue weighted by atomic mass is 16.5. The van der Waals surface area contributed by atoms with E-state index in [1.807, 2.05) is 13.0 Å². The molecule has 0 spiro atoms. The summed E-state index contributed by atoms with van der Waals surface area (Å²) >= 11 is 0. The molecule has 114 valence electrons. The van der Waals surface area contributed by atoms with E-state index in [1.165, 1.54) is 0 Å². The van der Waals surface area contributed by atoms with E-state index in [1.54, 1.807) is 31.2 Å². The van der Waals surface area contributed by atoms with Crippen molar-refractivity contribution in [1.29, 1.82) is 0 Å². The lowest BCUT2D eigenvalue weighted by Gasteiger charge is -2.10. The molecule has 21 heavy (non-hydrogen) atoms. The molecule has 0 aliphatic carbocycles. The number of hydrogen-bond donors (Lipinski definition) is 2. The molecule has 0 radical (unpaired) electrons. The molecule has 0 aliphatic rings. The van der Waals surface area contributed by atoms with Gasteiger partial charge in [0.2, 0.25) is 0 Å². The van der Waals surface area contributed by atoms with Gasteiger partial charge >= 0.3 is 5.97 Å². The van der Waals surface area contributed by atoms with Crippen LogP contribution in [0.25, 0.3) is 5.76 Å². The third-order valence-electron chi connectivity index (χ3n) is 2.81. The summed E-state index contributed by atoms with van der Waals surface area (Å²) in [5, 5.41) is 10.3. The number of ether oxygens (including phenoxy) is 1. The molecule has 0 bridgehead atoms. The second-order valence-electron chi connectivity index (χ2n) is 4.43. The molecule has 1 aromatic carbocycles. The van der Waals surface area contributed by atoms with Crippen LogP contribution in [0.2, 0.25) is 0 Å². The Morgan fingerprint density at radius 3 is 2.52 bits per heavy atom. The molecule has 0 saturated carbocycles. The summed E-state index contributed by atoms with van der Waals surface area (Å²) in [4.78, 5) is 16.2. The summed E-state index contributed by atoms with van der Waals surface area (Å²) in [6.45, 7) is 4.44. The largest absolute Gasteiger partial charge is 0.506 e. The van der Waals surface area contributed by atoms with Gasteiger partial charge in [-0.25, -0.2) is 4.79 Å². The fourth-order valence-corrected chi connectivity index (χ4v) is 1.70. The standard InChI is InChI=1S/C16H22N2O3/c1-3-5-11-18-15(17)13(16(20)21-4-2)14(19)12-9-7-6-8-10-12/h6-10,19H,3-5,11H2,1-2H3,(H2,17,18)/b14-13-. The topological polar surface area (TPSA) is 84.9 Å². The van der Waals surface area contributed by atoms with Crippen LogP contribution in [-0.4, -0.2) is 30.1 Å². The number of aliphatic hydroxyl groups excluding tert-OH is 1. The SMILES string of the molecule is CCCCN=C(N)/C(C(=O)OCC)=C(/O)c1ccccc1. The summed E-state index contributed by atoms with van der Waals surface area (Å²) in [6, 6.07) is 8.72. The minimum absolute atomic E-state index is 0.00301. The Morgan fingerprint density at radius 1 is 1.29 bits per heavy atom. The van der Waals surface area contributed by atoms with Crippen molar-refractivity contribution in [2.75, 3.05) is 13.2 Å². The van der Waals surface area contributed by atoms with E-state index < -0.39 is 5.97 Å². The lowest BCUT2D eigenvalue weighted by atomic mass is 10.1. The number of carbonyl (C=O) groups is 1. The number of aliphatic imine (C=N–C) groups is 1. The molecule has 0 atom stereocenters. The highest BCUT2D eigenvalue weighted by Crippen LogP contribution is 2.17. The maximum Gasteiger partial charge on any atom is 0.345 e. The van der Waals surface area contributed by atoms with Crippen LogP contribution in [0.5, 0.6) is 0 Å². The first-order valence-electron chi connectivity index (χ1n) is 7.07. The zero-order valence-corrected chi connectivity index (χ0v) is 12.5. The number of nitrogens with two attached hydrogens (primary N) is 1. The van der Waals surface area contributed by atoms with Gasteiger partial charge in [-0.05, 0) is 13.3 Å². The normalized spacial score (nSPS) is 12.8. The zero-order chi connectivity index (χ0) is 15.7. The summed E-state index contributed by atoms with van der Waals surface area (Å²) in [5.74, 6) is -0.883. The molecule has 5 nitrogen and oxygen atoms in total. The molecular weight excluding hydrogens is 268 g/mol. The molecule has 1 aromatic rings. The van der Waals surface area contributed by atoms with Crippen LogP contribution in [0.1, 0.15) is 32.3 Å². The van der Waals surface area contributed by atoms with Crippen molar-refractivity contribution in [3.8, 4) is 0 Å². The summed E-state index contributed by atoms with van der Waals surface area (Å²) in [6.07, 6.45) is 1.84. The molecule has 0 heterocycles. The van der Waals surface area contributed by atoms with Crippen LogP contribution < -0.4 is 5.73 Å². The number of rotatable bonds is 7. The van der Waals surface area contributed by atoms with Crippen LogP contribution in [-0.2, 0) is 9.53 Å². The highest BCUT2D eigenvalue weighted by Gasteiger charge is 2.21.